The Morgan fingerprint density at radius 3 is 2.85 bits per heavy atom. The van der Waals surface area contributed by atoms with E-state index in [0.717, 1.165) is 5.56 Å². The van der Waals surface area contributed by atoms with E-state index < -0.39 is 0 Å². The van der Waals surface area contributed by atoms with Crippen molar-refractivity contribution in [1.82, 2.24) is 4.98 Å². The molecule has 0 aliphatic carbocycles. The van der Waals surface area contributed by atoms with E-state index >= 15 is 0 Å². The molecule has 1 heterocycles. The number of anilines is 1. The van der Waals surface area contributed by atoms with Crippen LogP contribution in [0, 0.1) is 0 Å². The Hall–Kier alpha value is -1.57. The van der Waals surface area contributed by atoms with Crippen molar-refractivity contribution in [3.05, 3.63) is 41.7 Å². The molecule has 2 N–H and O–H groups in total. The zero-order valence-corrected chi connectivity index (χ0v) is 7.99. The molecule has 0 aromatic carbocycles. The maximum Gasteiger partial charge on any atom is 0.0574 e. The molecule has 0 amide bonds. The van der Waals surface area contributed by atoms with E-state index in [0.29, 0.717) is 5.69 Å². The van der Waals surface area contributed by atoms with Crippen LogP contribution < -0.4 is 5.73 Å². The van der Waals surface area contributed by atoms with E-state index in [-0.39, 0.29) is 0 Å². The van der Waals surface area contributed by atoms with E-state index in [2.05, 4.69) is 18.8 Å². The summed E-state index contributed by atoms with van der Waals surface area (Å²) < 4.78 is 0. The highest BCUT2D eigenvalue weighted by Gasteiger charge is 1.90. The van der Waals surface area contributed by atoms with Crippen LogP contribution in [0.15, 0.2) is 36.2 Å². The summed E-state index contributed by atoms with van der Waals surface area (Å²) in [5.74, 6) is 0. The van der Waals surface area contributed by atoms with Gasteiger partial charge in [0.15, 0.2) is 0 Å². The number of nitrogen functional groups attached to an aromatic ring is 1. The van der Waals surface area contributed by atoms with Crippen LogP contribution in [0.2, 0.25) is 0 Å². The van der Waals surface area contributed by atoms with Crippen molar-refractivity contribution in [2.75, 3.05) is 5.73 Å². The number of allylic oxidation sites excluding steroid dienone is 3. The van der Waals surface area contributed by atoms with Gasteiger partial charge in [0, 0.05) is 11.8 Å². The lowest BCUT2D eigenvalue weighted by molar-refractivity contribution is 1.32. The van der Waals surface area contributed by atoms with Crippen molar-refractivity contribution in [3.8, 4) is 0 Å². The fourth-order valence-corrected chi connectivity index (χ4v) is 0.913. The molecule has 1 aromatic rings. The zero-order chi connectivity index (χ0) is 9.68. The van der Waals surface area contributed by atoms with Crippen molar-refractivity contribution in [3.63, 3.8) is 0 Å². The van der Waals surface area contributed by atoms with E-state index in [9.17, 15) is 0 Å². The van der Waals surface area contributed by atoms with Crippen LogP contribution in [0.25, 0.3) is 6.08 Å². The van der Waals surface area contributed by atoms with Crippen LogP contribution in [-0.2, 0) is 0 Å². The maximum atomic E-state index is 5.70. The SMILES string of the molecule is CC(C)=C/C=C\c1ccncc1N. The van der Waals surface area contributed by atoms with Gasteiger partial charge >= 0.3 is 0 Å². The Bertz CT molecular complexity index is 334. The van der Waals surface area contributed by atoms with Crippen molar-refractivity contribution >= 4 is 11.8 Å². The Kier molecular flexibility index (Phi) is 3.26. The van der Waals surface area contributed by atoms with E-state index in [4.69, 9.17) is 5.73 Å². The van der Waals surface area contributed by atoms with Gasteiger partial charge in [-0.05, 0) is 19.9 Å². The highest BCUT2D eigenvalue weighted by atomic mass is 14.7. The van der Waals surface area contributed by atoms with Crippen LogP contribution in [0.3, 0.4) is 0 Å². The minimum Gasteiger partial charge on any atom is -0.397 e. The largest absolute Gasteiger partial charge is 0.397 e. The summed E-state index contributed by atoms with van der Waals surface area (Å²) in [6.07, 6.45) is 9.39. The van der Waals surface area contributed by atoms with Gasteiger partial charge in [-0.3, -0.25) is 4.98 Å². The molecule has 0 bridgehead atoms. The maximum absolute atomic E-state index is 5.70. The monoisotopic (exact) mass is 174 g/mol. The second kappa shape index (κ2) is 4.45. The zero-order valence-electron chi connectivity index (χ0n) is 7.99. The Morgan fingerprint density at radius 2 is 2.23 bits per heavy atom. The molecule has 0 spiro atoms. The fraction of sp³-hybridized carbons (Fsp3) is 0.182. The average molecular weight is 174 g/mol. The predicted octanol–water partition coefficient (Wildman–Crippen LogP) is 2.64. The third kappa shape index (κ3) is 3.11. The topological polar surface area (TPSA) is 38.9 Å². The van der Waals surface area contributed by atoms with Gasteiger partial charge in [0.1, 0.15) is 0 Å². The van der Waals surface area contributed by atoms with Gasteiger partial charge in [-0.15, -0.1) is 0 Å². The summed E-state index contributed by atoms with van der Waals surface area (Å²) in [4.78, 5) is 3.91. The molecule has 68 valence electrons. The number of nitrogens with zero attached hydrogens (tertiary/aromatic N) is 1. The van der Waals surface area contributed by atoms with E-state index in [1.54, 1.807) is 12.4 Å². The number of aromatic nitrogens is 1. The first-order valence-corrected chi connectivity index (χ1v) is 4.21. The molecule has 0 aliphatic heterocycles. The van der Waals surface area contributed by atoms with Crippen molar-refractivity contribution in [2.45, 2.75) is 13.8 Å². The molecule has 0 fully saturated rings. The summed E-state index contributed by atoms with van der Waals surface area (Å²) in [6, 6.07) is 1.89. The normalized spacial score (nSPS) is 10.3. The van der Waals surface area contributed by atoms with Gasteiger partial charge in [-0.25, -0.2) is 0 Å². The van der Waals surface area contributed by atoms with E-state index in [1.165, 1.54) is 5.57 Å². The molecule has 2 heteroatoms. The fourth-order valence-electron chi connectivity index (χ4n) is 0.913. The standard InChI is InChI=1S/C11H14N2/c1-9(2)4-3-5-10-6-7-13-8-11(10)12/h3-8H,12H2,1-2H3/b5-3-. The smallest absolute Gasteiger partial charge is 0.0574 e. The third-order valence-corrected chi connectivity index (χ3v) is 1.59. The minimum absolute atomic E-state index is 0.709. The molecular weight excluding hydrogens is 160 g/mol. The Morgan fingerprint density at radius 1 is 1.46 bits per heavy atom. The first-order valence-electron chi connectivity index (χ1n) is 4.21. The molecule has 0 saturated heterocycles. The second-order valence-electron chi connectivity index (χ2n) is 3.11. The molecule has 13 heavy (non-hydrogen) atoms. The molecule has 0 radical (unpaired) electrons. The van der Waals surface area contributed by atoms with Crippen molar-refractivity contribution in [2.24, 2.45) is 0 Å². The number of hydrogen-bond donors (Lipinski definition) is 1. The first kappa shape index (κ1) is 9.52. The quantitative estimate of drug-likeness (QED) is 0.700. The van der Waals surface area contributed by atoms with Gasteiger partial charge in [-0.1, -0.05) is 23.8 Å². The summed E-state index contributed by atoms with van der Waals surface area (Å²) >= 11 is 0. The summed E-state index contributed by atoms with van der Waals surface area (Å²) in [7, 11) is 0. The molecule has 0 saturated carbocycles. The number of rotatable bonds is 2. The van der Waals surface area contributed by atoms with Gasteiger partial charge < -0.3 is 5.73 Å². The van der Waals surface area contributed by atoms with Gasteiger partial charge in [0.2, 0.25) is 0 Å². The van der Waals surface area contributed by atoms with Crippen molar-refractivity contribution < 1.29 is 0 Å². The van der Waals surface area contributed by atoms with Crippen LogP contribution in [0.1, 0.15) is 19.4 Å². The lowest BCUT2D eigenvalue weighted by atomic mass is 10.2. The molecule has 2 nitrogen and oxygen atoms in total. The lowest BCUT2D eigenvalue weighted by Crippen LogP contribution is -1.89. The van der Waals surface area contributed by atoms with Crippen LogP contribution >= 0.6 is 0 Å². The van der Waals surface area contributed by atoms with Gasteiger partial charge in [-0.2, -0.15) is 0 Å². The molecule has 0 unspecified atom stereocenters. The average Bonchev–Trinajstić information content (AvgIpc) is 2.08. The van der Waals surface area contributed by atoms with Crippen LogP contribution in [-0.4, -0.2) is 4.98 Å². The Balaban J connectivity index is 2.80. The minimum atomic E-state index is 0.709. The first-order chi connectivity index (χ1) is 6.20. The summed E-state index contributed by atoms with van der Waals surface area (Å²) in [6.45, 7) is 4.11. The Labute approximate surface area is 78.8 Å². The van der Waals surface area contributed by atoms with Crippen LogP contribution in [0.5, 0.6) is 0 Å². The van der Waals surface area contributed by atoms with Gasteiger partial charge in [0.25, 0.3) is 0 Å². The lowest BCUT2D eigenvalue weighted by Gasteiger charge is -1.96. The van der Waals surface area contributed by atoms with Gasteiger partial charge in [0.05, 0.1) is 11.9 Å². The summed E-state index contributed by atoms with van der Waals surface area (Å²) in [5.41, 5.74) is 8.69. The molecule has 1 rings (SSSR count). The van der Waals surface area contributed by atoms with Crippen molar-refractivity contribution in [1.29, 1.82) is 0 Å². The number of nitrogens with two attached hydrogens (primary N) is 1. The predicted molar refractivity (Wildman–Crippen MR) is 57.1 cm³/mol. The molecule has 1 aromatic heterocycles. The highest BCUT2D eigenvalue weighted by molar-refractivity contribution is 5.63. The molecule has 0 atom stereocenters. The molecular formula is C11H14N2. The number of pyridine rings is 1. The second-order valence-corrected chi connectivity index (χ2v) is 3.11. The van der Waals surface area contributed by atoms with Crippen LogP contribution in [0.4, 0.5) is 5.69 Å². The summed E-state index contributed by atoms with van der Waals surface area (Å²) in [5, 5.41) is 0. The highest BCUT2D eigenvalue weighted by Crippen LogP contribution is 2.10. The number of hydrogen-bond acceptors (Lipinski definition) is 2. The molecule has 0 aliphatic rings. The third-order valence-electron chi connectivity index (χ3n) is 1.59. The van der Waals surface area contributed by atoms with E-state index in [1.807, 2.05) is 24.3 Å².